The highest BCUT2D eigenvalue weighted by molar-refractivity contribution is 7.99. The Balaban J connectivity index is 2.01. The van der Waals surface area contributed by atoms with Gasteiger partial charge in [0, 0.05) is 16.4 Å². The fraction of sp³-hybridized carbons (Fsp3) is 0.261. The maximum Gasteiger partial charge on any atom is 0.353 e. The van der Waals surface area contributed by atoms with Crippen molar-refractivity contribution in [3.63, 3.8) is 0 Å². The van der Waals surface area contributed by atoms with E-state index < -0.39 is 11.0 Å². The zero-order chi connectivity index (χ0) is 19.6. The lowest BCUT2D eigenvalue weighted by Crippen LogP contribution is -2.21. The van der Waals surface area contributed by atoms with Crippen molar-refractivity contribution in [3.05, 3.63) is 88.0 Å². The molecule has 3 rings (SSSR count). The van der Waals surface area contributed by atoms with E-state index >= 15 is 0 Å². The molecular formula is C23H24O3S. The normalized spacial score (nSPS) is 11.7. The highest BCUT2D eigenvalue weighted by atomic mass is 32.2. The molecule has 0 saturated carbocycles. The Hall–Kier alpha value is -2.46. The Morgan fingerprint density at radius 1 is 1.00 bits per heavy atom. The molecule has 1 aromatic heterocycles. The average Bonchev–Trinajstić information content (AvgIpc) is 2.65. The van der Waals surface area contributed by atoms with E-state index in [4.69, 9.17) is 4.42 Å². The van der Waals surface area contributed by atoms with Gasteiger partial charge in [-0.05, 0) is 37.0 Å². The van der Waals surface area contributed by atoms with Crippen LogP contribution in [0.4, 0.5) is 0 Å². The molecule has 0 radical (unpaired) electrons. The Morgan fingerprint density at radius 2 is 1.63 bits per heavy atom. The van der Waals surface area contributed by atoms with E-state index in [0.29, 0.717) is 11.7 Å². The van der Waals surface area contributed by atoms with Crippen molar-refractivity contribution in [2.24, 2.45) is 0 Å². The van der Waals surface area contributed by atoms with Crippen LogP contribution >= 0.6 is 11.8 Å². The fourth-order valence-corrected chi connectivity index (χ4v) is 4.11. The fourth-order valence-electron chi connectivity index (χ4n) is 3.03. The van der Waals surface area contributed by atoms with Gasteiger partial charge in [0.05, 0.1) is 0 Å². The topological polar surface area (TPSA) is 50.4 Å². The summed E-state index contributed by atoms with van der Waals surface area (Å²) >= 11 is 1.25. The van der Waals surface area contributed by atoms with Crippen molar-refractivity contribution < 1.29 is 9.52 Å². The number of hydrogen-bond donors (Lipinski definition) is 1. The lowest BCUT2D eigenvalue weighted by Gasteiger charge is -2.24. The van der Waals surface area contributed by atoms with Crippen molar-refractivity contribution in [2.45, 2.75) is 48.8 Å². The average molecular weight is 381 g/mol. The van der Waals surface area contributed by atoms with Crippen LogP contribution in [-0.2, 0) is 5.41 Å². The molecule has 0 bridgehead atoms. The van der Waals surface area contributed by atoms with E-state index in [2.05, 4.69) is 13.8 Å². The number of rotatable bonds is 5. The maximum absolute atomic E-state index is 12.7. The minimum absolute atomic E-state index is 0.0474. The SMILES string of the molecule is CC(C)c1ccccc1Sc1c(O)cc(C(C)(C)c2ccccc2)oc1=O. The summed E-state index contributed by atoms with van der Waals surface area (Å²) in [4.78, 5) is 13.8. The summed E-state index contributed by atoms with van der Waals surface area (Å²) in [7, 11) is 0. The predicted molar refractivity (Wildman–Crippen MR) is 110 cm³/mol. The smallest absolute Gasteiger partial charge is 0.353 e. The van der Waals surface area contributed by atoms with Gasteiger partial charge in [-0.3, -0.25) is 0 Å². The monoisotopic (exact) mass is 380 g/mol. The third kappa shape index (κ3) is 3.96. The molecule has 1 heterocycles. The number of hydrogen-bond acceptors (Lipinski definition) is 4. The van der Waals surface area contributed by atoms with Crippen LogP contribution in [0, 0.1) is 0 Å². The molecule has 3 nitrogen and oxygen atoms in total. The van der Waals surface area contributed by atoms with Crippen LogP contribution in [0.1, 0.15) is 50.5 Å². The van der Waals surface area contributed by atoms with E-state index in [0.717, 1.165) is 16.0 Å². The van der Waals surface area contributed by atoms with Gasteiger partial charge in [0.1, 0.15) is 16.4 Å². The van der Waals surface area contributed by atoms with Gasteiger partial charge in [-0.15, -0.1) is 0 Å². The quantitative estimate of drug-likeness (QED) is 0.594. The number of benzene rings is 2. The van der Waals surface area contributed by atoms with Gasteiger partial charge in [-0.2, -0.15) is 0 Å². The summed E-state index contributed by atoms with van der Waals surface area (Å²) in [6.07, 6.45) is 0. The molecule has 0 atom stereocenters. The van der Waals surface area contributed by atoms with Crippen molar-refractivity contribution in [3.8, 4) is 5.75 Å². The van der Waals surface area contributed by atoms with Crippen LogP contribution in [0.5, 0.6) is 5.75 Å². The Morgan fingerprint density at radius 3 is 2.26 bits per heavy atom. The Labute approximate surface area is 164 Å². The Kier molecular flexibility index (Phi) is 5.47. The highest BCUT2D eigenvalue weighted by Gasteiger charge is 2.28. The van der Waals surface area contributed by atoms with E-state index in [9.17, 15) is 9.90 Å². The molecule has 0 aliphatic rings. The highest BCUT2D eigenvalue weighted by Crippen LogP contribution is 2.39. The molecular weight excluding hydrogens is 356 g/mol. The molecule has 140 valence electrons. The molecule has 0 aliphatic carbocycles. The molecule has 1 N–H and O–H groups in total. The van der Waals surface area contributed by atoms with Crippen LogP contribution in [0.25, 0.3) is 0 Å². The Bertz CT molecular complexity index is 988. The third-order valence-corrected chi connectivity index (χ3v) is 5.92. The molecule has 0 fully saturated rings. The summed E-state index contributed by atoms with van der Waals surface area (Å²) in [5, 5.41) is 10.6. The van der Waals surface area contributed by atoms with E-state index in [1.807, 2.05) is 68.4 Å². The van der Waals surface area contributed by atoms with Gasteiger partial charge < -0.3 is 9.52 Å². The summed E-state index contributed by atoms with van der Waals surface area (Å²) < 4.78 is 5.64. The molecule has 2 aromatic carbocycles. The van der Waals surface area contributed by atoms with Crippen molar-refractivity contribution in [2.75, 3.05) is 0 Å². The van der Waals surface area contributed by atoms with Crippen LogP contribution in [0.3, 0.4) is 0 Å². The van der Waals surface area contributed by atoms with Crippen LogP contribution < -0.4 is 5.63 Å². The lowest BCUT2D eigenvalue weighted by molar-refractivity contribution is 0.362. The summed E-state index contributed by atoms with van der Waals surface area (Å²) in [6, 6.07) is 19.3. The van der Waals surface area contributed by atoms with Gasteiger partial charge in [0.15, 0.2) is 0 Å². The third-order valence-electron chi connectivity index (χ3n) is 4.75. The summed E-state index contributed by atoms with van der Waals surface area (Å²) in [5.74, 6) is 0.714. The molecule has 4 heteroatoms. The first kappa shape index (κ1) is 19.3. The first-order valence-corrected chi connectivity index (χ1v) is 9.82. The van der Waals surface area contributed by atoms with E-state index in [1.54, 1.807) is 6.07 Å². The van der Waals surface area contributed by atoms with Gasteiger partial charge in [0.25, 0.3) is 0 Å². The van der Waals surface area contributed by atoms with Crippen LogP contribution in [0.15, 0.2) is 79.7 Å². The molecule has 0 spiro atoms. The maximum atomic E-state index is 12.7. The predicted octanol–water partition coefficient (Wildman–Crippen LogP) is 5.95. The molecule has 0 aliphatic heterocycles. The van der Waals surface area contributed by atoms with E-state index in [1.165, 1.54) is 11.8 Å². The van der Waals surface area contributed by atoms with E-state index in [-0.39, 0.29) is 10.6 Å². The lowest BCUT2D eigenvalue weighted by atomic mass is 9.82. The molecule has 0 unspecified atom stereocenters. The van der Waals surface area contributed by atoms with Gasteiger partial charge in [0.2, 0.25) is 0 Å². The van der Waals surface area contributed by atoms with Gasteiger partial charge >= 0.3 is 5.63 Å². The zero-order valence-electron chi connectivity index (χ0n) is 16.0. The summed E-state index contributed by atoms with van der Waals surface area (Å²) in [6.45, 7) is 8.16. The minimum atomic E-state index is -0.531. The van der Waals surface area contributed by atoms with Crippen molar-refractivity contribution in [1.82, 2.24) is 0 Å². The first-order valence-electron chi connectivity index (χ1n) is 9.00. The number of aromatic hydroxyl groups is 1. The first-order chi connectivity index (χ1) is 12.8. The second kappa shape index (κ2) is 7.65. The van der Waals surface area contributed by atoms with Crippen LogP contribution in [0.2, 0.25) is 0 Å². The molecule has 0 amide bonds. The second-order valence-electron chi connectivity index (χ2n) is 7.40. The van der Waals surface area contributed by atoms with Gasteiger partial charge in [-0.25, -0.2) is 4.79 Å². The second-order valence-corrected chi connectivity index (χ2v) is 8.45. The molecule has 0 saturated heterocycles. The minimum Gasteiger partial charge on any atom is -0.506 e. The molecule has 3 aromatic rings. The van der Waals surface area contributed by atoms with Crippen LogP contribution in [-0.4, -0.2) is 5.11 Å². The molecule has 27 heavy (non-hydrogen) atoms. The standard InChI is InChI=1S/C23H24O3S/c1-15(2)17-12-8-9-13-19(17)27-21-18(24)14-20(26-22(21)25)23(3,4)16-10-6-5-7-11-16/h5-15,24H,1-4H3. The largest absolute Gasteiger partial charge is 0.506 e. The van der Waals surface area contributed by atoms with Crippen molar-refractivity contribution in [1.29, 1.82) is 0 Å². The van der Waals surface area contributed by atoms with Gasteiger partial charge in [-0.1, -0.05) is 74.1 Å². The zero-order valence-corrected chi connectivity index (χ0v) is 16.8. The van der Waals surface area contributed by atoms with Crippen molar-refractivity contribution >= 4 is 11.8 Å². The summed E-state index contributed by atoms with van der Waals surface area (Å²) in [5.41, 5.74) is 1.10.